The van der Waals surface area contributed by atoms with Crippen LogP contribution in [0.25, 0.3) is 0 Å². The van der Waals surface area contributed by atoms with Crippen LogP contribution in [0.1, 0.15) is 37.6 Å². The Hall–Kier alpha value is -0.900. The van der Waals surface area contributed by atoms with E-state index in [0.29, 0.717) is 12.3 Å². The fraction of sp³-hybridized carbons (Fsp3) is 0.750. The molecule has 1 N–H and O–H groups in total. The van der Waals surface area contributed by atoms with Crippen LogP contribution in [-0.2, 0) is 6.42 Å². The molecule has 1 aromatic heterocycles. The number of aryl methyl sites for hydroxylation is 1. The third kappa shape index (κ3) is 2.04. The summed E-state index contributed by atoms with van der Waals surface area (Å²) in [6.45, 7) is 4.27. The third-order valence-corrected chi connectivity index (χ3v) is 1.70. The van der Waals surface area contributed by atoms with Crippen LogP contribution in [0, 0.1) is 0 Å². The molecule has 1 rings (SSSR count). The topological polar surface area (TPSA) is 59.2 Å². The van der Waals surface area contributed by atoms with Gasteiger partial charge in [0.15, 0.2) is 0 Å². The first-order valence-electron chi connectivity index (χ1n) is 4.18. The number of aliphatic hydroxyl groups is 1. The summed E-state index contributed by atoms with van der Waals surface area (Å²) < 4.78 is 4.62. The fourth-order valence-corrected chi connectivity index (χ4v) is 1.07. The quantitative estimate of drug-likeness (QED) is 0.735. The summed E-state index contributed by atoms with van der Waals surface area (Å²) >= 11 is 0. The summed E-state index contributed by atoms with van der Waals surface area (Å²) in [6, 6.07) is 0. The summed E-state index contributed by atoms with van der Waals surface area (Å²) in [5, 5.41) is 16.2. The molecule has 0 radical (unpaired) electrons. The van der Waals surface area contributed by atoms with E-state index in [0.717, 1.165) is 17.8 Å². The molecule has 1 aromatic rings. The fourth-order valence-electron chi connectivity index (χ4n) is 1.07. The van der Waals surface area contributed by atoms with E-state index < -0.39 is 0 Å². The largest absolute Gasteiger partial charge is 0.396 e. The van der Waals surface area contributed by atoms with Gasteiger partial charge < -0.3 is 5.11 Å². The summed E-state index contributed by atoms with van der Waals surface area (Å²) in [4.78, 5) is 0. The molecule has 4 heteroatoms. The lowest BCUT2D eigenvalue weighted by atomic mass is 10.1. The summed E-state index contributed by atoms with van der Waals surface area (Å²) in [5.74, 6) is 0.338. The second-order valence-corrected chi connectivity index (χ2v) is 3.08. The van der Waals surface area contributed by atoms with Gasteiger partial charge in [0.25, 0.3) is 0 Å². The van der Waals surface area contributed by atoms with Gasteiger partial charge in [-0.05, 0) is 12.8 Å². The Morgan fingerprint density at radius 1 is 1.42 bits per heavy atom. The lowest BCUT2D eigenvalue weighted by Crippen LogP contribution is -1.97. The second-order valence-electron chi connectivity index (χ2n) is 3.08. The zero-order valence-corrected chi connectivity index (χ0v) is 7.45. The minimum atomic E-state index is 0.185. The molecule has 4 nitrogen and oxygen atoms in total. The van der Waals surface area contributed by atoms with Gasteiger partial charge in [-0.1, -0.05) is 24.2 Å². The molecule has 0 atom stereocenters. The molecule has 0 bridgehead atoms. The van der Waals surface area contributed by atoms with Crippen LogP contribution in [0.3, 0.4) is 0 Å². The number of hydrogen-bond acceptors (Lipinski definition) is 4. The van der Waals surface area contributed by atoms with Crippen molar-refractivity contribution in [1.82, 2.24) is 10.3 Å². The maximum absolute atomic E-state index is 8.62. The average Bonchev–Trinajstić information content (AvgIpc) is 2.48. The first kappa shape index (κ1) is 9.19. The van der Waals surface area contributed by atoms with Crippen LogP contribution in [0.2, 0.25) is 0 Å². The maximum atomic E-state index is 8.62. The van der Waals surface area contributed by atoms with Crippen molar-refractivity contribution in [3.05, 3.63) is 11.4 Å². The molecule has 0 saturated heterocycles. The summed E-state index contributed by atoms with van der Waals surface area (Å²) in [5.41, 5.74) is 1.78. The van der Waals surface area contributed by atoms with Crippen LogP contribution in [0.15, 0.2) is 4.63 Å². The molecular formula is C8H14N2O2. The van der Waals surface area contributed by atoms with Crippen molar-refractivity contribution in [2.45, 2.75) is 32.6 Å². The van der Waals surface area contributed by atoms with Crippen molar-refractivity contribution < 1.29 is 9.74 Å². The normalized spacial score (nSPS) is 11.0. The maximum Gasteiger partial charge on any atom is 0.110 e. The van der Waals surface area contributed by atoms with Crippen LogP contribution in [0.5, 0.6) is 0 Å². The third-order valence-electron chi connectivity index (χ3n) is 1.70. The number of nitrogens with zero attached hydrogens (tertiary/aromatic N) is 2. The van der Waals surface area contributed by atoms with Crippen LogP contribution in [0.4, 0.5) is 0 Å². The van der Waals surface area contributed by atoms with Gasteiger partial charge in [0, 0.05) is 12.5 Å². The monoisotopic (exact) mass is 170 g/mol. The molecule has 0 saturated carbocycles. The van der Waals surface area contributed by atoms with Crippen molar-refractivity contribution in [3.63, 3.8) is 0 Å². The average molecular weight is 170 g/mol. The van der Waals surface area contributed by atoms with Crippen molar-refractivity contribution in [2.24, 2.45) is 0 Å². The Morgan fingerprint density at radius 3 is 2.75 bits per heavy atom. The predicted molar refractivity (Wildman–Crippen MR) is 43.8 cm³/mol. The van der Waals surface area contributed by atoms with E-state index in [9.17, 15) is 0 Å². The highest BCUT2D eigenvalue weighted by Crippen LogP contribution is 2.15. The van der Waals surface area contributed by atoms with Gasteiger partial charge in [0.2, 0.25) is 0 Å². The molecule has 0 fully saturated rings. The van der Waals surface area contributed by atoms with E-state index in [2.05, 4.69) is 14.9 Å². The Labute approximate surface area is 71.6 Å². The molecule has 0 aliphatic heterocycles. The standard InChI is InChI=1S/C8H14N2O2/c1-6(2)8-7(4-3-5-11)9-12-10-8/h6,11H,3-5H2,1-2H3. The van der Waals surface area contributed by atoms with Crippen molar-refractivity contribution >= 4 is 0 Å². The Bertz CT molecular complexity index is 233. The summed E-state index contributed by atoms with van der Waals surface area (Å²) in [6.07, 6.45) is 1.46. The van der Waals surface area contributed by atoms with Crippen LogP contribution >= 0.6 is 0 Å². The first-order chi connectivity index (χ1) is 5.75. The van der Waals surface area contributed by atoms with Gasteiger partial charge in [-0.25, -0.2) is 4.63 Å². The number of hydrogen-bond donors (Lipinski definition) is 1. The zero-order chi connectivity index (χ0) is 8.97. The van der Waals surface area contributed by atoms with E-state index in [1.807, 2.05) is 13.8 Å². The van der Waals surface area contributed by atoms with E-state index in [-0.39, 0.29) is 6.61 Å². The SMILES string of the molecule is CC(C)c1nonc1CCCO. The molecule has 0 aliphatic rings. The van der Waals surface area contributed by atoms with Gasteiger partial charge in [0.05, 0.1) is 0 Å². The molecule has 0 aromatic carbocycles. The number of aliphatic hydroxyl groups excluding tert-OH is 1. The van der Waals surface area contributed by atoms with E-state index in [1.165, 1.54) is 0 Å². The molecule has 0 aliphatic carbocycles. The summed E-state index contributed by atoms with van der Waals surface area (Å²) in [7, 11) is 0. The van der Waals surface area contributed by atoms with E-state index >= 15 is 0 Å². The first-order valence-corrected chi connectivity index (χ1v) is 4.18. The number of aromatic nitrogens is 2. The zero-order valence-electron chi connectivity index (χ0n) is 7.45. The Kier molecular flexibility index (Phi) is 3.22. The lowest BCUT2D eigenvalue weighted by Gasteiger charge is -1.99. The van der Waals surface area contributed by atoms with Crippen LogP contribution < -0.4 is 0 Å². The minimum absolute atomic E-state index is 0.185. The highest BCUT2D eigenvalue weighted by atomic mass is 16.6. The highest BCUT2D eigenvalue weighted by Gasteiger charge is 2.12. The van der Waals surface area contributed by atoms with E-state index in [1.54, 1.807) is 0 Å². The highest BCUT2D eigenvalue weighted by molar-refractivity contribution is 5.11. The molecule has 0 spiro atoms. The number of rotatable bonds is 4. The van der Waals surface area contributed by atoms with Crippen molar-refractivity contribution in [3.8, 4) is 0 Å². The molecule has 1 heterocycles. The molecule has 68 valence electrons. The van der Waals surface area contributed by atoms with Gasteiger partial charge in [-0.3, -0.25) is 0 Å². The van der Waals surface area contributed by atoms with Crippen molar-refractivity contribution in [1.29, 1.82) is 0 Å². The van der Waals surface area contributed by atoms with Gasteiger partial charge in [-0.15, -0.1) is 0 Å². The smallest absolute Gasteiger partial charge is 0.110 e. The Balaban J connectivity index is 2.64. The predicted octanol–water partition coefficient (Wildman–Crippen LogP) is 1.12. The van der Waals surface area contributed by atoms with Gasteiger partial charge in [-0.2, -0.15) is 0 Å². The molecule has 0 unspecified atom stereocenters. The van der Waals surface area contributed by atoms with Crippen LogP contribution in [-0.4, -0.2) is 22.0 Å². The lowest BCUT2D eigenvalue weighted by molar-refractivity contribution is 0.282. The van der Waals surface area contributed by atoms with Gasteiger partial charge >= 0.3 is 0 Å². The van der Waals surface area contributed by atoms with Crippen molar-refractivity contribution in [2.75, 3.05) is 6.61 Å². The second kappa shape index (κ2) is 4.21. The van der Waals surface area contributed by atoms with E-state index in [4.69, 9.17) is 5.11 Å². The Morgan fingerprint density at radius 2 is 2.17 bits per heavy atom. The van der Waals surface area contributed by atoms with Gasteiger partial charge in [0.1, 0.15) is 11.4 Å². The minimum Gasteiger partial charge on any atom is -0.396 e. The molecular weight excluding hydrogens is 156 g/mol. The molecule has 12 heavy (non-hydrogen) atoms. The molecule has 0 amide bonds.